The van der Waals surface area contributed by atoms with Gasteiger partial charge in [0, 0.05) is 16.1 Å². The van der Waals surface area contributed by atoms with Crippen molar-refractivity contribution in [3.63, 3.8) is 0 Å². The van der Waals surface area contributed by atoms with Crippen LogP contribution in [0.1, 0.15) is 26.3 Å². The standard InChI is InChI=1S/C18H15Cl2NO4/c1-11-3-2-4-12(7-11)18(24)21-9-17(23)25-10-16(22)14-6-5-13(19)8-15(14)20/h2-8H,9-10H2,1H3,(H,21,24). The lowest BCUT2D eigenvalue weighted by atomic mass is 10.1. The van der Waals surface area contributed by atoms with Crippen LogP contribution < -0.4 is 5.32 Å². The van der Waals surface area contributed by atoms with Crippen molar-refractivity contribution in [2.45, 2.75) is 6.92 Å². The Kier molecular flexibility index (Phi) is 6.56. The molecule has 0 aliphatic heterocycles. The summed E-state index contributed by atoms with van der Waals surface area (Å²) in [5, 5.41) is 3.02. The van der Waals surface area contributed by atoms with Crippen LogP contribution in [0.4, 0.5) is 0 Å². The number of ketones is 1. The van der Waals surface area contributed by atoms with Crippen molar-refractivity contribution in [3.8, 4) is 0 Å². The number of halogens is 2. The summed E-state index contributed by atoms with van der Waals surface area (Å²) in [5.41, 5.74) is 1.58. The number of benzene rings is 2. The van der Waals surface area contributed by atoms with E-state index in [0.717, 1.165) is 5.56 Å². The van der Waals surface area contributed by atoms with Crippen LogP contribution in [0, 0.1) is 6.92 Å². The molecule has 0 saturated carbocycles. The molecule has 25 heavy (non-hydrogen) atoms. The first-order valence-electron chi connectivity index (χ1n) is 7.35. The smallest absolute Gasteiger partial charge is 0.325 e. The number of ether oxygens (including phenoxy) is 1. The van der Waals surface area contributed by atoms with Crippen LogP contribution in [0.3, 0.4) is 0 Å². The number of Topliss-reactive ketones (excluding diaryl/α,β-unsaturated/α-hetero) is 1. The SMILES string of the molecule is Cc1cccc(C(=O)NCC(=O)OCC(=O)c2ccc(Cl)cc2Cl)c1. The first kappa shape index (κ1) is 19.0. The van der Waals surface area contributed by atoms with Crippen LogP contribution in [0.5, 0.6) is 0 Å². The molecule has 0 spiro atoms. The van der Waals surface area contributed by atoms with Crippen molar-refractivity contribution in [2.24, 2.45) is 0 Å². The fourth-order valence-electron chi connectivity index (χ4n) is 2.03. The largest absolute Gasteiger partial charge is 0.456 e. The predicted octanol–water partition coefficient (Wildman–Crippen LogP) is 3.46. The van der Waals surface area contributed by atoms with Crippen LogP contribution in [0.2, 0.25) is 10.0 Å². The number of esters is 1. The number of amides is 1. The highest BCUT2D eigenvalue weighted by molar-refractivity contribution is 6.36. The highest BCUT2D eigenvalue weighted by Crippen LogP contribution is 2.21. The van der Waals surface area contributed by atoms with Crippen molar-refractivity contribution >= 4 is 40.9 Å². The second kappa shape index (κ2) is 8.65. The molecular formula is C18H15Cl2NO4. The van der Waals surface area contributed by atoms with E-state index in [1.807, 2.05) is 13.0 Å². The van der Waals surface area contributed by atoms with Gasteiger partial charge in [-0.25, -0.2) is 0 Å². The zero-order valence-corrected chi connectivity index (χ0v) is 14.9. The Morgan fingerprint density at radius 1 is 1.08 bits per heavy atom. The number of carbonyl (C=O) groups is 3. The van der Waals surface area contributed by atoms with E-state index >= 15 is 0 Å². The summed E-state index contributed by atoms with van der Waals surface area (Å²) >= 11 is 11.7. The minimum Gasteiger partial charge on any atom is -0.456 e. The van der Waals surface area contributed by atoms with Gasteiger partial charge < -0.3 is 10.1 Å². The molecule has 0 saturated heterocycles. The second-order valence-corrected chi connectivity index (χ2v) is 6.10. The number of rotatable bonds is 6. The maximum Gasteiger partial charge on any atom is 0.325 e. The summed E-state index contributed by atoms with van der Waals surface area (Å²) in [6.45, 7) is 1.05. The van der Waals surface area contributed by atoms with Gasteiger partial charge in [0.1, 0.15) is 6.54 Å². The maximum absolute atomic E-state index is 12.0. The molecule has 2 aromatic rings. The lowest BCUT2D eigenvalue weighted by molar-refractivity contribution is -0.141. The Morgan fingerprint density at radius 3 is 2.52 bits per heavy atom. The van der Waals surface area contributed by atoms with Crippen LogP contribution in [-0.4, -0.2) is 30.8 Å². The third-order valence-corrected chi connectivity index (χ3v) is 3.82. The van der Waals surface area contributed by atoms with E-state index in [9.17, 15) is 14.4 Å². The van der Waals surface area contributed by atoms with Crippen LogP contribution in [0.15, 0.2) is 42.5 Å². The number of carbonyl (C=O) groups excluding carboxylic acids is 3. The molecule has 0 aliphatic rings. The van der Waals surface area contributed by atoms with Crippen molar-refractivity contribution < 1.29 is 19.1 Å². The third-order valence-electron chi connectivity index (χ3n) is 3.27. The molecule has 0 aliphatic carbocycles. The van der Waals surface area contributed by atoms with Crippen LogP contribution in [-0.2, 0) is 9.53 Å². The Bertz CT molecular complexity index is 820. The average molecular weight is 380 g/mol. The molecule has 0 radical (unpaired) electrons. The first-order chi connectivity index (χ1) is 11.9. The van der Waals surface area contributed by atoms with Gasteiger partial charge in [-0.1, -0.05) is 40.9 Å². The number of hydrogen-bond acceptors (Lipinski definition) is 4. The highest BCUT2D eigenvalue weighted by atomic mass is 35.5. The summed E-state index contributed by atoms with van der Waals surface area (Å²) in [7, 11) is 0. The third kappa shape index (κ3) is 5.59. The molecule has 2 aromatic carbocycles. The van der Waals surface area contributed by atoms with Crippen LogP contribution in [0.25, 0.3) is 0 Å². The Labute approximate surface area is 154 Å². The molecule has 0 atom stereocenters. The normalized spacial score (nSPS) is 10.2. The Morgan fingerprint density at radius 2 is 1.84 bits per heavy atom. The van der Waals surface area contributed by atoms with E-state index in [1.54, 1.807) is 18.2 Å². The molecular weight excluding hydrogens is 365 g/mol. The quantitative estimate of drug-likeness (QED) is 0.616. The monoisotopic (exact) mass is 379 g/mol. The van der Waals surface area contributed by atoms with Gasteiger partial charge in [-0.15, -0.1) is 0 Å². The minimum atomic E-state index is -0.723. The van der Waals surface area contributed by atoms with Gasteiger partial charge in [0.15, 0.2) is 6.61 Å². The topological polar surface area (TPSA) is 72.5 Å². The van der Waals surface area contributed by atoms with E-state index in [0.29, 0.717) is 10.6 Å². The van der Waals surface area contributed by atoms with Crippen molar-refractivity contribution in [3.05, 3.63) is 69.2 Å². The van der Waals surface area contributed by atoms with Gasteiger partial charge in [0.25, 0.3) is 5.91 Å². The molecule has 0 bridgehead atoms. The van der Waals surface area contributed by atoms with Gasteiger partial charge in [-0.2, -0.15) is 0 Å². The summed E-state index contributed by atoms with van der Waals surface area (Å²) < 4.78 is 4.86. The van der Waals surface area contributed by atoms with E-state index < -0.39 is 24.3 Å². The molecule has 1 N–H and O–H groups in total. The van der Waals surface area contributed by atoms with Crippen molar-refractivity contribution in [1.82, 2.24) is 5.32 Å². The summed E-state index contributed by atoms with van der Waals surface area (Å²) in [5.74, 6) is -1.58. The summed E-state index contributed by atoms with van der Waals surface area (Å²) in [6.07, 6.45) is 0. The Balaban J connectivity index is 1.82. The van der Waals surface area contributed by atoms with Gasteiger partial charge in [-0.05, 0) is 37.3 Å². The van der Waals surface area contributed by atoms with Crippen LogP contribution >= 0.6 is 23.2 Å². The fourth-order valence-corrected chi connectivity index (χ4v) is 2.55. The van der Waals surface area contributed by atoms with Gasteiger partial charge in [0.05, 0.1) is 5.02 Å². The molecule has 5 nitrogen and oxygen atoms in total. The molecule has 0 aromatic heterocycles. The maximum atomic E-state index is 12.0. The van der Waals surface area contributed by atoms with E-state index in [-0.39, 0.29) is 17.1 Å². The first-order valence-corrected chi connectivity index (χ1v) is 8.11. The molecule has 0 unspecified atom stereocenters. The van der Waals surface area contributed by atoms with Gasteiger partial charge in [0.2, 0.25) is 5.78 Å². The Hall–Kier alpha value is -2.37. The summed E-state index contributed by atoms with van der Waals surface area (Å²) in [6, 6.07) is 11.4. The number of nitrogens with one attached hydrogen (secondary N) is 1. The zero-order chi connectivity index (χ0) is 18.4. The molecule has 2 rings (SSSR count). The van der Waals surface area contributed by atoms with Crippen molar-refractivity contribution in [2.75, 3.05) is 13.2 Å². The number of aryl methyl sites for hydroxylation is 1. The molecule has 1 amide bonds. The van der Waals surface area contributed by atoms with E-state index in [1.165, 1.54) is 18.2 Å². The lowest BCUT2D eigenvalue weighted by Crippen LogP contribution is -2.31. The van der Waals surface area contributed by atoms with Gasteiger partial charge in [-0.3, -0.25) is 14.4 Å². The lowest BCUT2D eigenvalue weighted by Gasteiger charge is -2.07. The van der Waals surface area contributed by atoms with E-state index in [2.05, 4.69) is 5.32 Å². The van der Waals surface area contributed by atoms with E-state index in [4.69, 9.17) is 27.9 Å². The van der Waals surface area contributed by atoms with Gasteiger partial charge >= 0.3 is 5.97 Å². The second-order valence-electron chi connectivity index (χ2n) is 5.26. The molecule has 7 heteroatoms. The summed E-state index contributed by atoms with van der Waals surface area (Å²) in [4.78, 5) is 35.6. The molecule has 0 heterocycles. The zero-order valence-electron chi connectivity index (χ0n) is 13.3. The fraction of sp³-hybridized carbons (Fsp3) is 0.167. The minimum absolute atomic E-state index is 0.182. The highest BCUT2D eigenvalue weighted by Gasteiger charge is 2.14. The predicted molar refractivity (Wildman–Crippen MR) is 95.3 cm³/mol. The molecule has 0 fully saturated rings. The average Bonchev–Trinajstić information content (AvgIpc) is 2.57. The number of hydrogen-bond donors (Lipinski definition) is 1. The van der Waals surface area contributed by atoms with Crippen molar-refractivity contribution in [1.29, 1.82) is 0 Å². The molecule has 130 valence electrons.